The van der Waals surface area contributed by atoms with E-state index in [4.69, 9.17) is 34.8 Å². The van der Waals surface area contributed by atoms with Crippen molar-refractivity contribution in [3.05, 3.63) is 33.8 Å². The topological polar surface area (TPSA) is 38.3 Å². The van der Waals surface area contributed by atoms with Gasteiger partial charge in [-0.1, -0.05) is 29.3 Å². The zero-order valence-electron chi connectivity index (χ0n) is 7.76. The molecule has 0 spiro atoms. The zero-order valence-corrected chi connectivity index (χ0v) is 10.0. The maximum Gasteiger partial charge on any atom is 0.266 e. The molecule has 3 nitrogen and oxygen atoms in total. The van der Waals surface area contributed by atoms with E-state index in [1.54, 1.807) is 12.1 Å². The molecule has 1 rings (SSSR count). The number of alkyl halides is 1. The summed E-state index contributed by atoms with van der Waals surface area (Å²) in [4.78, 5) is 15.8. The molecule has 0 bridgehead atoms. The Morgan fingerprint density at radius 1 is 1.40 bits per heavy atom. The Hall–Kier alpha value is -0.480. The highest BCUT2D eigenvalue weighted by molar-refractivity contribution is 6.42. The summed E-state index contributed by atoms with van der Waals surface area (Å²) >= 11 is 17.4. The lowest BCUT2D eigenvalue weighted by Gasteiger charge is -2.09. The quantitative estimate of drug-likeness (QED) is 0.676. The van der Waals surface area contributed by atoms with Crippen molar-refractivity contribution >= 4 is 40.7 Å². The highest BCUT2D eigenvalue weighted by Crippen LogP contribution is 2.28. The molecule has 1 amide bonds. The number of carbonyl (C=O) groups is 1. The minimum atomic E-state index is -0.861. The number of halogens is 3. The zero-order chi connectivity index (χ0) is 11.4. The summed E-state index contributed by atoms with van der Waals surface area (Å²) in [6.07, 6.45) is 0. The Morgan fingerprint density at radius 3 is 2.60 bits per heavy atom. The minimum absolute atomic E-state index is 0.352. The molecule has 0 radical (unpaired) electrons. The van der Waals surface area contributed by atoms with Gasteiger partial charge in [-0.25, -0.2) is 5.48 Å². The van der Waals surface area contributed by atoms with Gasteiger partial charge in [0.1, 0.15) is 5.38 Å². The molecule has 0 aliphatic carbocycles. The number of hydrogen-bond acceptors (Lipinski definition) is 2. The van der Waals surface area contributed by atoms with Gasteiger partial charge in [0.25, 0.3) is 5.91 Å². The highest BCUT2D eigenvalue weighted by atomic mass is 35.5. The fourth-order valence-electron chi connectivity index (χ4n) is 0.974. The lowest BCUT2D eigenvalue weighted by Crippen LogP contribution is -2.25. The predicted molar refractivity (Wildman–Crippen MR) is 60.2 cm³/mol. The predicted octanol–water partition coefficient (Wildman–Crippen LogP) is 2.95. The molecule has 0 aliphatic heterocycles. The van der Waals surface area contributed by atoms with E-state index in [2.05, 4.69) is 10.3 Å². The van der Waals surface area contributed by atoms with Crippen LogP contribution in [0.3, 0.4) is 0 Å². The molecular formula is C9H8Cl3NO2. The second-order valence-electron chi connectivity index (χ2n) is 2.71. The van der Waals surface area contributed by atoms with Gasteiger partial charge in [-0.05, 0) is 17.7 Å². The van der Waals surface area contributed by atoms with Gasteiger partial charge in [0.2, 0.25) is 0 Å². The molecule has 1 unspecified atom stereocenters. The van der Waals surface area contributed by atoms with Gasteiger partial charge in [-0.2, -0.15) is 0 Å². The Morgan fingerprint density at radius 2 is 2.07 bits per heavy atom. The van der Waals surface area contributed by atoms with Gasteiger partial charge in [-0.15, -0.1) is 11.6 Å². The molecule has 1 atom stereocenters. The third kappa shape index (κ3) is 3.24. The maximum absolute atomic E-state index is 11.3. The van der Waals surface area contributed by atoms with Crippen LogP contribution in [0.4, 0.5) is 0 Å². The van der Waals surface area contributed by atoms with E-state index in [0.29, 0.717) is 15.6 Å². The van der Waals surface area contributed by atoms with Gasteiger partial charge < -0.3 is 0 Å². The van der Waals surface area contributed by atoms with E-state index in [1.807, 2.05) is 0 Å². The summed E-state index contributed by atoms with van der Waals surface area (Å²) in [6.45, 7) is 0. The van der Waals surface area contributed by atoms with Crippen LogP contribution in [0.5, 0.6) is 0 Å². The highest BCUT2D eigenvalue weighted by Gasteiger charge is 2.18. The number of hydroxylamine groups is 1. The van der Waals surface area contributed by atoms with Crippen LogP contribution < -0.4 is 5.48 Å². The standard InChI is InChI=1S/C9H8Cl3NO2/c1-15-13-9(14)8(12)5-2-3-6(10)7(11)4-5/h2-4,8H,1H3,(H,13,14). The van der Waals surface area contributed by atoms with E-state index in [-0.39, 0.29) is 0 Å². The van der Waals surface area contributed by atoms with Crippen molar-refractivity contribution in [3.8, 4) is 0 Å². The molecule has 0 aliphatic rings. The van der Waals surface area contributed by atoms with E-state index >= 15 is 0 Å². The number of rotatable bonds is 3. The molecule has 82 valence electrons. The molecule has 1 N–H and O–H groups in total. The number of carbonyl (C=O) groups excluding carboxylic acids is 1. The Balaban J connectivity index is 2.86. The fraction of sp³-hybridized carbons (Fsp3) is 0.222. The van der Waals surface area contributed by atoms with Crippen LogP contribution in [0.2, 0.25) is 10.0 Å². The van der Waals surface area contributed by atoms with Crippen LogP contribution in [0.15, 0.2) is 18.2 Å². The van der Waals surface area contributed by atoms with Crippen molar-refractivity contribution in [2.24, 2.45) is 0 Å². The van der Waals surface area contributed by atoms with Gasteiger partial charge in [0.15, 0.2) is 0 Å². The van der Waals surface area contributed by atoms with Crippen molar-refractivity contribution in [2.75, 3.05) is 7.11 Å². The Bertz CT molecular complexity index is 370. The molecule has 1 aromatic rings. The first-order valence-corrected chi connectivity index (χ1v) is 5.17. The summed E-state index contributed by atoms with van der Waals surface area (Å²) in [5.74, 6) is -0.461. The Labute approximate surface area is 102 Å². The van der Waals surface area contributed by atoms with E-state index in [0.717, 1.165) is 0 Å². The summed E-state index contributed by atoms with van der Waals surface area (Å²) in [7, 11) is 1.33. The molecule has 15 heavy (non-hydrogen) atoms. The van der Waals surface area contributed by atoms with E-state index < -0.39 is 11.3 Å². The number of benzene rings is 1. The summed E-state index contributed by atoms with van der Waals surface area (Å²) in [5, 5.41) is -0.0961. The van der Waals surface area contributed by atoms with Crippen molar-refractivity contribution in [2.45, 2.75) is 5.38 Å². The lowest BCUT2D eigenvalue weighted by atomic mass is 10.1. The number of amides is 1. The second kappa shape index (κ2) is 5.56. The van der Waals surface area contributed by atoms with Gasteiger partial charge >= 0.3 is 0 Å². The van der Waals surface area contributed by atoms with Gasteiger partial charge in [0, 0.05) is 0 Å². The van der Waals surface area contributed by atoms with Crippen LogP contribution in [-0.4, -0.2) is 13.0 Å². The van der Waals surface area contributed by atoms with Gasteiger partial charge in [-0.3, -0.25) is 9.63 Å². The molecule has 6 heteroatoms. The van der Waals surface area contributed by atoms with E-state index in [1.165, 1.54) is 13.2 Å². The molecule has 1 aromatic carbocycles. The van der Waals surface area contributed by atoms with Gasteiger partial charge in [0.05, 0.1) is 17.2 Å². The lowest BCUT2D eigenvalue weighted by molar-refractivity contribution is -0.131. The number of hydrogen-bond donors (Lipinski definition) is 1. The third-order valence-corrected chi connectivity index (χ3v) is 2.86. The van der Waals surface area contributed by atoms with Crippen LogP contribution in [0.25, 0.3) is 0 Å². The smallest absolute Gasteiger partial charge is 0.266 e. The Kier molecular flexibility index (Phi) is 4.67. The monoisotopic (exact) mass is 267 g/mol. The van der Waals surface area contributed by atoms with Crippen molar-refractivity contribution in [3.63, 3.8) is 0 Å². The molecule has 0 heterocycles. The first kappa shape index (κ1) is 12.6. The summed E-state index contributed by atoms with van der Waals surface area (Å²) in [6, 6.07) is 4.74. The first-order valence-electron chi connectivity index (χ1n) is 3.98. The third-order valence-electron chi connectivity index (χ3n) is 1.67. The average molecular weight is 269 g/mol. The molecular weight excluding hydrogens is 260 g/mol. The summed E-state index contributed by atoms with van der Waals surface area (Å²) in [5.41, 5.74) is 2.69. The maximum atomic E-state index is 11.3. The minimum Gasteiger partial charge on any atom is -0.277 e. The number of nitrogens with one attached hydrogen (secondary N) is 1. The fourth-order valence-corrected chi connectivity index (χ4v) is 1.46. The normalized spacial score (nSPS) is 12.3. The largest absolute Gasteiger partial charge is 0.277 e. The average Bonchev–Trinajstić information content (AvgIpc) is 2.21. The van der Waals surface area contributed by atoms with Crippen LogP contribution >= 0.6 is 34.8 Å². The second-order valence-corrected chi connectivity index (χ2v) is 3.96. The first-order chi connectivity index (χ1) is 7.06. The SMILES string of the molecule is CONC(=O)C(Cl)c1ccc(Cl)c(Cl)c1. The molecule has 0 aromatic heterocycles. The van der Waals surface area contributed by atoms with Crippen molar-refractivity contribution < 1.29 is 9.63 Å². The van der Waals surface area contributed by atoms with Crippen LogP contribution in [-0.2, 0) is 9.63 Å². The van der Waals surface area contributed by atoms with E-state index in [9.17, 15) is 4.79 Å². The van der Waals surface area contributed by atoms with Crippen molar-refractivity contribution in [1.82, 2.24) is 5.48 Å². The molecule has 0 saturated carbocycles. The molecule has 0 saturated heterocycles. The van der Waals surface area contributed by atoms with Crippen LogP contribution in [0.1, 0.15) is 10.9 Å². The van der Waals surface area contributed by atoms with Crippen molar-refractivity contribution in [1.29, 1.82) is 0 Å². The summed E-state index contributed by atoms with van der Waals surface area (Å²) < 4.78 is 0. The molecule has 0 fully saturated rings. The van der Waals surface area contributed by atoms with Crippen LogP contribution in [0, 0.1) is 0 Å².